The number of carbonyl (C=O) groups is 1. The van der Waals surface area contributed by atoms with Gasteiger partial charge in [0.25, 0.3) is 0 Å². The van der Waals surface area contributed by atoms with Crippen molar-refractivity contribution < 1.29 is 18.3 Å². The molecule has 21 heavy (non-hydrogen) atoms. The summed E-state index contributed by atoms with van der Waals surface area (Å²) in [5.74, 6) is -1.15. The number of pyridine rings is 1. The largest absolute Gasteiger partial charge is 0.477 e. The molecule has 0 bridgehead atoms. The van der Waals surface area contributed by atoms with Crippen molar-refractivity contribution in [3.63, 3.8) is 0 Å². The monoisotopic (exact) mass is 313 g/mol. The molecule has 1 heterocycles. The van der Waals surface area contributed by atoms with E-state index in [0.717, 1.165) is 32.1 Å². The summed E-state index contributed by atoms with van der Waals surface area (Å²) in [5, 5.41) is 8.76. The fourth-order valence-electron chi connectivity index (χ4n) is 2.44. The zero-order valence-electron chi connectivity index (χ0n) is 11.8. The van der Waals surface area contributed by atoms with Crippen LogP contribution in [0.5, 0.6) is 0 Å². The quantitative estimate of drug-likeness (QED) is 0.862. The fourth-order valence-corrected chi connectivity index (χ4v) is 3.61. The standard InChI is InChI=1S/C13H19N3O4S/c1-16(11-5-3-2-4-6-11)21(19,20)15-10-7-8-12(13(17)18)14-9-10/h7-9,11,15H,2-6H2,1H3,(H,17,18). The Bertz CT molecular complexity index is 594. The van der Waals surface area contributed by atoms with Crippen molar-refractivity contribution in [3.05, 3.63) is 24.0 Å². The first kappa shape index (κ1) is 15.7. The van der Waals surface area contributed by atoms with Crippen LogP contribution in [-0.4, -0.2) is 41.9 Å². The molecule has 0 atom stereocenters. The van der Waals surface area contributed by atoms with E-state index in [4.69, 9.17) is 5.11 Å². The summed E-state index contributed by atoms with van der Waals surface area (Å²) < 4.78 is 28.4. The summed E-state index contributed by atoms with van der Waals surface area (Å²) in [6.07, 6.45) is 6.17. The van der Waals surface area contributed by atoms with E-state index in [2.05, 4.69) is 9.71 Å². The minimum Gasteiger partial charge on any atom is -0.477 e. The lowest BCUT2D eigenvalue weighted by Gasteiger charge is -2.30. The van der Waals surface area contributed by atoms with Gasteiger partial charge in [0.15, 0.2) is 0 Å². The molecule has 1 aromatic heterocycles. The summed E-state index contributed by atoms with van der Waals surface area (Å²) in [5.41, 5.74) is 0.126. The predicted molar refractivity (Wildman–Crippen MR) is 78.4 cm³/mol. The summed E-state index contributed by atoms with van der Waals surface area (Å²) >= 11 is 0. The van der Waals surface area contributed by atoms with Gasteiger partial charge in [0, 0.05) is 13.1 Å². The molecule has 2 N–H and O–H groups in total. The average molecular weight is 313 g/mol. The van der Waals surface area contributed by atoms with Crippen molar-refractivity contribution in [1.29, 1.82) is 0 Å². The molecule has 0 spiro atoms. The van der Waals surface area contributed by atoms with Crippen molar-refractivity contribution in [2.45, 2.75) is 38.1 Å². The SMILES string of the molecule is CN(C1CCCCC1)S(=O)(=O)Nc1ccc(C(=O)O)nc1. The first-order valence-corrected chi connectivity index (χ1v) is 8.29. The number of hydrogen-bond donors (Lipinski definition) is 2. The van der Waals surface area contributed by atoms with Crippen LogP contribution >= 0.6 is 0 Å². The molecule has 1 aliphatic carbocycles. The van der Waals surface area contributed by atoms with E-state index < -0.39 is 16.2 Å². The van der Waals surface area contributed by atoms with Gasteiger partial charge in [-0.2, -0.15) is 12.7 Å². The Morgan fingerprint density at radius 2 is 2.00 bits per heavy atom. The van der Waals surface area contributed by atoms with Crippen LogP contribution in [0.2, 0.25) is 0 Å². The molecule has 2 rings (SSSR count). The second-order valence-corrected chi connectivity index (χ2v) is 6.88. The Morgan fingerprint density at radius 1 is 1.33 bits per heavy atom. The fraction of sp³-hybridized carbons (Fsp3) is 0.538. The van der Waals surface area contributed by atoms with Crippen molar-refractivity contribution in [2.75, 3.05) is 11.8 Å². The summed E-state index contributed by atoms with van der Waals surface area (Å²) in [6, 6.07) is 2.67. The van der Waals surface area contributed by atoms with Crippen LogP contribution in [0.25, 0.3) is 0 Å². The number of nitrogens with zero attached hydrogens (tertiary/aromatic N) is 2. The number of carboxylic acids is 1. The number of aromatic carboxylic acids is 1. The summed E-state index contributed by atoms with van der Waals surface area (Å²) in [4.78, 5) is 14.4. The van der Waals surface area contributed by atoms with Crippen LogP contribution in [0.1, 0.15) is 42.6 Å². The molecule has 1 aromatic rings. The van der Waals surface area contributed by atoms with Gasteiger partial charge in [-0.3, -0.25) is 4.72 Å². The molecule has 0 aromatic carbocycles. The molecule has 0 radical (unpaired) electrons. The molecule has 1 fully saturated rings. The third-order valence-corrected chi connectivity index (χ3v) is 5.25. The lowest BCUT2D eigenvalue weighted by atomic mass is 9.96. The highest BCUT2D eigenvalue weighted by atomic mass is 32.2. The van der Waals surface area contributed by atoms with Gasteiger partial charge in [-0.1, -0.05) is 19.3 Å². The smallest absolute Gasteiger partial charge is 0.354 e. The third-order valence-electron chi connectivity index (χ3n) is 3.70. The van der Waals surface area contributed by atoms with Crippen LogP contribution in [0, 0.1) is 0 Å². The van der Waals surface area contributed by atoms with E-state index in [1.54, 1.807) is 7.05 Å². The normalized spacial score (nSPS) is 16.9. The molecule has 1 saturated carbocycles. The number of nitrogens with one attached hydrogen (secondary N) is 1. The Kier molecular flexibility index (Phi) is 4.79. The second kappa shape index (κ2) is 6.40. The first-order valence-electron chi connectivity index (χ1n) is 6.85. The van der Waals surface area contributed by atoms with Gasteiger partial charge in [0.05, 0.1) is 11.9 Å². The van der Waals surface area contributed by atoms with Crippen LogP contribution in [0.3, 0.4) is 0 Å². The van der Waals surface area contributed by atoms with Crippen LogP contribution in [0.4, 0.5) is 5.69 Å². The van der Waals surface area contributed by atoms with Crippen LogP contribution in [-0.2, 0) is 10.2 Å². The minimum absolute atomic E-state index is 0.0162. The van der Waals surface area contributed by atoms with Crippen LogP contribution in [0.15, 0.2) is 18.3 Å². The maximum Gasteiger partial charge on any atom is 0.354 e. The lowest BCUT2D eigenvalue weighted by molar-refractivity contribution is 0.0690. The van der Waals surface area contributed by atoms with Crippen LogP contribution < -0.4 is 4.72 Å². The highest BCUT2D eigenvalue weighted by Crippen LogP contribution is 2.24. The molecule has 0 aliphatic heterocycles. The highest BCUT2D eigenvalue weighted by Gasteiger charge is 2.27. The van der Waals surface area contributed by atoms with Crippen molar-refractivity contribution in [2.24, 2.45) is 0 Å². The van der Waals surface area contributed by atoms with E-state index in [0.29, 0.717) is 0 Å². The zero-order valence-corrected chi connectivity index (χ0v) is 12.6. The van der Waals surface area contributed by atoms with E-state index >= 15 is 0 Å². The Balaban J connectivity index is 2.07. The maximum atomic E-state index is 12.3. The van der Waals surface area contributed by atoms with Gasteiger partial charge >= 0.3 is 16.2 Å². The average Bonchev–Trinajstić information content (AvgIpc) is 2.47. The Labute approximate surface area is 124 Å². The topological polar surface area (TPSA) is 99.6 Å². The van der Waals surface area contributed by atoms with Gasteiger partial charge < -0.3 is 5.11 Å². The Hall–Kier alpha value is -1.67. The van der Waals surface area contributed by atoms with Crippen molar-refractivity contribution >= 4 is 21.9 Å². The molecule has 8 heteroatoms. The van der Waals surface area contributed by atoms with Crippen molar-refractivity contribution in [3.8, 4) is 0 Å². The van der Waals surface area contributed by atoms with E-state index in [9.17, 15) is 13.2 Å². The molecule has 0 saturated heterocycles. The molecule has 7 nitrogen and oxygen atoms in total. The molecule has 0 amide bonds. The second-order valence-electron chi connectivity index (χ2n) is 5.15. The summed E-state index contributed by atoms with van der Waals surface area (Å²) in [6.45, 7) is 0. The molecule has 0 unspecified atom stereocenters. The van der Waals surface area contributed by atoms with E-state index in [1.165, 1.54) is 22.6 Å². The van der Waals surface area contributed by atoms with Gasteiger partial charge in [0.2, 0.25) is 0 Å². The maximum absolute atomic E-state index is 12.3. The highest BCUT2D eigenvalue weighted by molar-refractivity contribution is 7.90. The first-order chi connectivity index (χ1) is 9.90. The number of carboxylic acid groups (broad SMARTS) is 1. The lowest BCUT2D eigenvalue weighted by Crippen LogP contribution is -2.41. The predicted octanol–water partition coefficient (Wildman–Crippen LogP) is 1.70. The number of hydrogen-bond acceptors (Lipinski definition) is 4. The molecular formula is C13H19N3O4S. The van der Waals surface area contributed by atoms with Gasteiger partial charge in [0.1, 0.15) is 5.69 Å². The van der Waals surface area contributed by atoms with E-state index in [1.807, 2.05) is 0 Å². The van der Waals surface area contributed by atoms with Crippen molar-refractivity contribution in [1.82, 2.24) is 9.29 Å². The molecular weight excluding hydrogens is 294 g/mol. The number of anilines is 1. The Morgan fingerprint density at radius 3 is 2.52 bits per heavy atom. The summed E-state index contributed by atoms with van der Waals surface area (Å²) in [7, 11) is -2.08. The zero-order chi connectivity index (χ0) is 15.5. The third kappa shape index (κ3) is 3.92. The molecule has 1 aliphatic rings. The molecule has 116 valence electrons. The van der Waals surface area contributed by atoms with Gasteiger partial charge in [-0.05, 0) is 25.0 Å². The van der Waals surface area contributed by atoms with Gasteiger partial charge in [-0.15, -0.1) is 0 Å². The van der Waals surface area contributed by atoms with E-state index in [-0.39, 0.29) is 17.4 Å². The number of aromatic nitrogens is 1. The van der Waals surface area contributed by atoms with Gasteiger partial charge in [-0.25, -0.2) is 9.78 Å². The minimum atomic E-state index is -3.65. The number of rotatable bonds is 5.